The van der Waals surface area contributed by atoms with E-state index < -0.39 is 0 Å². The quantitative estimate of drug-likeness (QED) is 0.373. The number of pyridine rings is 1. The van der Waals surface area contributed by atoms with Crippen LogP contribution in [-0.4, -0.2) is 16.6 Å². The maximum absolute atomic E-state index is 11.7. The molecule has 0 saturated carbocycles. The number of unbranched alkanes of at least 4 members (excludes halogenated alkanes) is 7. The third-order valence-electron chi connectivity index (χ3n) is 3.64. The predicted molar refractivity (Wildman–Crippen MR) is 91.8 cm³/mol. The fourth-order valence-electron chi connectivity index (χ4n) is 2.26. The number of hydrazone groups is 1. The Labute approximate surface area is 134 Å². The summed E-state index contributed by atoms with van der Waals surface area (Å²) in [5.41, 5.74) is 4.12. The van der Waals surface area contributed by atoms with Gasteiger partial charge in [0.05, 0.1) is 11.4 Å². The first-order valence-electron chi connectivity index (χ1n) is 8.48. The Hall–Kier alpha value is -1.71. The van der Waals surface area contributed by atoms with Gasteiger partial charge in [-0.2, -0.15) is 5.10 Å². The molecule has 0 spiro atoms. The molecule has 1 amide bonds. The van der Waals surface area contributed by atoms with Gasteiger partial charge in [-0.15, -0.1) is 0 Å². The van der Waals surface area contributed by atoms with E-state index in [1.807, 2.05) is 25.1 Å². The van der Waals surface area contributed by atoms with Crippen LogP contribution in [0, 0.1) is 0 Å². The van der Waals surface area contributed by atoms with E-state index in [2.05, 4.69) is 22.4 Å². The van der Waals surface area contributed by atoms with Crippen molar-refractivity contribution < 1.29 is 4.79 Å². The van der Waals surface area contributed by atoms with Crippen molar-refractivity contribution >= 4 is 11.6 Å². The predicted octanol–water partition coefficient (Wildman–Crippen LogP) is 4.45. The highest BCUT2D eigenvalue weighted by Gasteiger charge is 2.02. The van der Waals surface area contributed by atoms with Crippen LogP contribution >= 0.6 is 0 Å². The van der Waals surface area contributed by atoms with Crippen molar-refractivity contribution in [3.63, 3.8) is 0 Å². The number of nitrogens with zero attached hydrogens (tertiary/aromatic N) is 2. The molecule has 1 rings (SSSR count). The molecule has 1 aromatic heterocycles. The van der Waals surface area contributed by atoms with Gasteiger partial charge < -0.3 is 0 Å². The van der Waals surface area contributed by atoms with Crippen LogP contribution in [0.1, 0.15) is 77.3 Å². The lowest BCUT2D eigenvalue weighted by molar-refractivity contribution is -0.121. The number of rotatable bonds is 11. The van der Waals surface area contributed by atoms with Crippen LogP contribution in [0.3, 0.4) is 0 Å². The largest absolute Gasteiger partial charge is 0.273 e. The molecule has 0 unspecified atom stereocenters. The maximum atomic E-state index is 11.7. The van der Waals surface area contributed by atoms with Crippen molar-refractivity contribution in [2.75, 3.05) is 0 Å². The summed E-state index contributed by atoms with van der Waals surface area (Å²) in [4.78, 5) is 15.9. The first kappa shape index (κ1) is 18.3. The number of nitrogens with one attached hydrogen (secondary N) is 1. The van der Waals surface area contributed by atoms with Crippen LogP contribution < -0.4 is 5.43 Å². The SMILES string of the molecule is CCCCCCCCCCC(=O)N/N=C(\C)c1ccccn1. The fourth-order valence-corrected chi connectivity index (χ4v) is 2.26. The minimum Gasteiger partial charge on any atom is -0.273 e. The first-order chi connectivity index (χ1) is 10.7. The monoisotopic (exact) mass is 303 g/mol. The third kappa shape index (κ3) is 8.55. The summed E-state index contributed by atoms with van der Waals surface area (Å²) in [7, 11) is 0. The summed E-state index contributed by atoms with van der Waals surface area (Å²) in [6, 6.07) is 5.64. The molecule has 1 N–H and O–H groups in total. The minimum absolute atomic E-state index is 0.0127. The zero-order chi connectivity index (χ0) is 16.0. The zero-order valence-corrected chi connectivity index (χ0v) is 14.0. The van der Waals surface area contributed by atoms with Crippen molar-refractivity contribution in [2.45, 2.75) is 71.6 Å². The molecule has 0 saturated heterocycles. The molecule has 0 aromatic carbocycles. The zero-order valence-electron chi connectivity index (χ0n) is 14.0. The van der Waals surface area contributed by atoms with Gasteiger partial charge in [-0.3, -0.25) is 9.78 Å². The first-order valence-corrected chi connectivity index (χ1v) is 8.48. The van der Waals surface area contributed by atoms with Crippen molar-refractivity contribution in [1.82, 2.24) is 10.4 Å². The number of hydrogen-bond donors (Lipinski definition) is 1. The third-order valence-corrected chi connectivity index (χ3v) is 3.64. The van der Waals surface area contributed by atoms with Crippen molar-refractivity contribution in [3.05, 3.63) is 30.1 Å². The lowest BCUT2D eigenvalue weighted by Gasteiger charge is -2.03. The Balaban J connectivity index is 2.09. The maximum Gasteiger partial charge on any atom is 0.240 e. The molecule has 0 atom stereocenters. The summed E-state index contributed by atoms with van der Waals surface area (Å²) < 4.78 is 0. The second-order valence-corrected chi connectivity index (χ2v) is 5.67. The van der Waals surface area contributed by atoms with Crippen LogP contribution in [0.25, 0.3) is 0 Å². The van der Waals surface area contributed by atoms with Gasteiger partial charge >= 0.3 is 0 Å². The molecule has 22 heavy (non-hydrogen) atoms. The van der Waals surface area contributed by atoms with Crippen LogP contribution in [0.5, 0.6) is 0 Å². The molecule has 122 valence electrons. The standard InChI is InChI=1S/C18H29N3O/c1-3-4-5-6-7-8-9-10-14-18(22)21-20-16(2)17-13-11-12-15-19-17/h11-13,15H,3-10,14H2,1-2H3,(H,21,22)/b20-16+. The second-order valence-electron chi connectivity index (χ2n) is 5.67. The molecule has 0 aliphatic carbocycles. The molecular formula is C18H29N3O. The average Bonchev–Trinajstić information content (AvgIpc) is 2.56. The van der Waals surface area contributed by atoms with Gasteiger partial charge in [-0.25, -0.2) is 5.43 Å². The van der Waals surface area contributed by atoms with E-state index in [9.17, 15) is 4.79 Å². The van der Waals surface area contributed by atoms with Crippen LogP contribution in [0.15, 0.2) is 29.5 Å². The Morgan fingerprint density at radius 2 is 1.77 bits per heavy atom. The molecule has 0 bridgehead atoms. The van der Waals surface area contributed by atoms with Crippen LogP contribution in [-0.2, 0) is 4.79 Å². The number of amides is 1. The molecule has 1 aromatic rings. The van der Waals surface area contributed by atoms with Crippen molar-refractivity contribution in [2.24, 2.45) is 5.10 Å². The molecule has 0 fully saturated rings. The van der Waals surface area contributed by atoms with Gasteiger partial charge in [0.2, 0.25) is 5.91 Å². The summed E-state index contributed by atoms with van der Waals surface area (Å²) in [5, 5.41) is 4.10. The van der Waals surface area contributed by atoms with Gasteiger partial charge in [0.15, 0.2) is 0 Å². The highest BCUT2D eigenvalue weighted by molar-refractivity contribution is 5.97. The van der Waals surface area contributed by atoms with E-state index in [1.165, 1.54) is 38.5 Å². The van der Waals surface area contributed by atoms with Gasteiger partial charge in [0.25, 0.3) is 0 Å². The summed E-state index contributed by atoms with van der Waals surface area (Å²) >= 11 is 0. The van der Waals surface area contributed by atoms with Gasteiger partial charge in [0.1, 0.15) is 0 Å². The Morgan fingerprint density at radius 1 is 1.09 bits per heavy atom. The van der Waals surface area contributed by atoms with Gasteiger partial charge in [-0.1, -0.05) is 57.9 Å². The molecule has 0 radical (unpaired) electrons. The average molecular weight is 303 g/mol. The van der Waals surface area contributed by atoms with Crippen molar-refractivity contribution in [1.29, 1.82) is 0 Å². The Morgan fingerprint density at radius 3 is 2.41 bits per heavy atom. The molecular weight excluding hydrogens is 274 g/mol. The molecule has 4 heteroatoms. The van der Waals surface area contributed by atoms with E-state index in [0.29, 0.717) is 6.42 Å². The Kier molecular flexibility index (Phi) is 9.92. The minimum atomic E-state index is -0.0127. The lowest BCUT2D eigenvalue weighted by atomic mass is 10.1. The molecule has 0 aliphatic heterocycles. The Bertz CT molecular complexity index is 443. The topological polar surface area (TPSA) is 54.4 Å². The summed E-state index contributed by atoms with van der Waals surface area (Å²) in [6.45, 7) is 4.08. The highest BCUT2D eigenvalue weighted by Crippen LogP contribution is 2.09. The van der Waals surface area contributed by atoms with Crippen molar-refractivity contribution in [3.8, 4) is 0 Å². The van der Waals surface area contributed by atoms with E-state index in [-0.39, 0.29) is 5.91 Å². The van der Waals surface area contributed by atoms with Gasteiger partial charge in [0, 0.05) is 12.6 Å². The van der Waals surface area contributed by atoms with Crippen LogP contribution in [0.2, 0.25) is 0 Å². The molecule has 4 nitrogen and oxygen atoms in total. The summed E-state index contributed by atoms with van der Waals surface area (Å²) in [6.07, 6.45) is 12.2. The van der Waals surface area contributed by atoms with E-state index >= 15 is 0 Å². The van der Waals surface area contributed by atoms with E-state index in [1.54, 1.807) is 6.20 Å². The number of aromatic nitrogens is 1. The molecule has 1 heterocycles. The number of carbonyl (C=O) groups excluding carboxylic acids is 1. The summed E-state index contributed by atoms with van der Waals surface area (Å²) in [5.74, 6) is -0.0127. The highest BCUT2D eigenvalue weighted by atomic mass is 16.2. The number of hydrogen-bond acceptors (Lipinski definition) is 3. The second kappa shape index (κ2) is 11.9. The van der Waals surface area contributed by atoms with E-state index in [0.717, 1.165) is 24.2 Å². The van der Waals surface area contributed by atoms with Crippen LogP contribution in [0.4, 0.5) is 0 Å². The normalized spacial score (nSPS) is 11.5. The number of carbonyl (C=O) groups is 1. The molecule has 0 aliphatic rings. The lowest BCUT2D eigenvalue weighted by Crippen LogP contribution is -2.19. The smallest absolute Gasteiger partial charge is 0.240 e. The van der Waals surface area contributed by atoms with Gasteiger partial charge in [-0.05, 0) is 25.5 Å². The fraction of sp³-hybridized carbons (Fsp3) is 0.611. The van der Waals surface area contributed by atoms with E-state index in [4.69, 9.17) is 0 Å².